The Balaban J connectivity index is 0.000000308. The molecule has 3 aliphatic rings. The van der Waals surface area contributed by atoms with E-state index >= 15 is 0 Å². The molecule has 0 aromatic heterocycles. The summed E-state index contributed by atoms with van der Waals surface area (Å²) in [5.74, 6) is -0.413. The normalized spacial score (nSPS) is 22.0. The van der Waals surface area contributed by atoms with Crippen LogP contribution in [0.25, 0.3) is 16.7 Å². The first kappa shape index (κ1) is 39.7. The van der Waals surface area contributed by atoms with E-state index in [1.54, 1.807) is 0 Å². The van der Waals surface area contributed by atoms with Crippen LogP contribution in [0, 0.1) is 5.92 Å². The van der Waals surface area contributed by atoms with E-state index in [9.17, 15) is 4.79 Å². The first-order valence-corrected chi connectivity index (χ1v) is 17.6. The molecule has 5 rings (SSSR count). The molecular formula is C44H62O3. The summed E-state index contributed by atoms with van der Waals surface area (Å²) < 4.78 is 0. The molecule has 1 saturated carbocycles. The summed E-state index contributed by atoms with van der Waals surface area (Å²) in [6.45, 7) is 27.9. The number of benzene rings is 2. The predicted octanol–water partition coefficient (Wildman–Crippen LogP) is 11.9. The number of rotatable bonds is 6. The lowest BCUT2D eigenvalue weighted by atomic mass is 9.72. The molecule has 2 aromatic carbocycles. The summed E-state index contributed by atoms with van der Waals surface area (Å²) in [4.78, 5) is 10.7. The average Bonchev–Trinajstić information content (AvgIpc) is 3.72. The van der Waals surface area contributed by atoms with Crippen molar-refractivity contribution in [3.05, 3.63) is 112 Å². The molecule has 1 fully saturated rings. The molecule has 1 unspecified atom stereocenters. The number of aliphatic carboxylic acids is 1. The molecule has 0 aliphatic heterocycles. The van der Waals surface area contributed by atoms with Gasteiger partial charge < -0.3 is 10.2 Å². The second-order valence-electron chi connectivity index (χ2n) is 14.4. The van der Waals surface area contributed by atoms with Crippen LogP contribution in [0.5, 0.6) is 0 Å². The molecule has 3 aliphatic carbocycles. The highest BCUT2D eigenvalue weighted by atomic mass is 16.4. The van der Waals surface area contributed by atoms with Crippen molar-refractivity contribution < 1.29 is 15.0 Å². The Morgan fingerprint density at radius 3 is 1.85 bits per heavy atom. The van der Waals surface area contributed by atoms with Gasteiger partial charge in [-0.1, -0.05) is 123 Å². The lowest BCUT2D eigenvalue weighted by Gasteiger charge is -2.32. The predicted molar refractivity (Wildman–Crippen MR) is 205 cm³/mol. The highest BCUT2D eigenvalue weighted by molar-refractivity contribution is 5.81. The maximum Gasteiger partial charge on any atom is 0.328 e. The molecular weight excluding hydrogens is 576 g/mol. The zero-order valence-electron chi connectivity index (χ0n) is 31.6. The van der Waals surface area contributed by atoms with Crippen LogP contribution in [-0.4, -0.2) is 22.8 Å². The van der Waals surface area contributed by atoms with Crippen LogP contribution in [0.1, 0.15) is 143 Å². The largest absolute Gasteiger partial charge is 0.478 e. The van der Waals surface area contributed by atoms with Gasteiger partial charge in [0.2, 0.25) is 0 Å². The average molecular weight is 639 g/mol. The van der Waals surface area contributed by atoms with Gasteiger partial charge in [-0.05, 0) is 131 Å². The molecule has 0 saturated heterocycles. The third-order valence-corrected chi connectivity index (χ3v) is 9.94. The first-order chi connectivity index (χ1) is 22.1. The number of allylic oxidation sites excluding steroid dienone is 8. The van der Waals surface area contributed by atoms with Crippen molar-refractivity contribution in [2.24, 2.45) is 5.92 Å². The number of fused-ring (bicyclic) bond motifs is 2. The van der Waals surface area contributed by atoms with Crippen molar-refractivity contribution in [3.8, 4) is 0 Å². The number of carboxylic acid groups (broad SMARTS) is 1. The van der Waals surface area contributed by atoms with Crippen molar-refractivity contribution in [1.29, 1.82) is 0 Å². The minimum Gasteiger partial charge on any atom is -0.478 e. The molecule has 3 nitrogen and oxygen atoms in total. The van der Waals surface area contributed by atoms with Gasteiger partial charge >= 0.3 is 5.97 Å². The second kappa shape index (κ2) is 16.6. The summed E-state index contributed by atoms with van der Waals surface area (Å²) in [5.41, 5.74) is 13.5. The van der Waals surface area contributed by atoms with Crippen molar-refractivity contribution >= 4 is 22.7 Å². The van der Waals surface area contributed by atoms with Gasteiger partial charge in [-0.15, -0.1) is 0 Å². The van der Waals surface area contributed by atoms with Crippen LogP contribution in [0.2, 0.25) is 0 Å². The maximum atomic E-state index is 10.7. The standard InChI is InChI=1S/C23H28O2.C17H22O.2C2H6/c1-15(12-21(24)25)6-7-18-14-23(18,5)17-8-9-20-19(13-17)16(2)10-11-22(20,3)4;1-12(8-10-18)14-5-6-16-15(11-14)13(2)7-9-17(16,3)4;2*1-2/h6-10,12-13,18H,11,14H2,1-5H3,(H,24,25);5-8,11,18H,9-10H2,1-4H3;2*1-2H3/b7-6?,15-12+;12-8-;;/t18?,23-;;;/m1.../s1. The third-order valence-electron chi connectivity index (χ3n) is 9.94. The molecule has 0 bridgehead atoms. The molecule has 47 heavy (non-hydrogen) atoms. The first-order valence-electron chi connectivity index (χ1n) is 17.6. The van der Waals surface area contributed by atoms with Gasteiger partial charge in [0.1, 0.15) is 0 Å². The molecule has 0 heterocycles. The van der Waals surface area contributed by atoms with Crippen LogP contribution in [0.15, 0.2) is 78.4 Å². The summed E-state index contributed by atoms with van der Waals surface area (Å²) in [7, 11) is 0. The highest BCUT2D eigenvalue weighted by Gasteiger charge is 2.49. The van der Waals surface area contributed by atoms with Crippen molar-refractivity contribution in [2.75, 3.05) is 6.61 Å². The van der Waals surface area contributed by atoms with E-state index in [0.29, 0.717) is 5.92 Å². The summed E-state index contributed by atoms with van der Waals surface area (Å²) in [5, 5.41) is 17.8. The second-order valence-corrected chi connectivity index (χ2v) is 14.4. The van der Waals surface area contributed by atoms with Gasteiger partial charge in [0.05, 0.1) is 6.61 Å². The number of carbonyl (C=O) groups is 1. The van der Waals surface area contributed by atoms with E-state index in [1.165, 1.54) is 50.6 Å². The Morgan fingerprint density at radius 1 is 0.830 bits per heavy atom. The fourth-order valence-corrected chi connectivity index (χ4v) is 6.55. The van der Waals surface area contributed by atoms with E-state index in [4.69, 9.17) is 10.2 Å². The zero-order chi connectivity index (χ0) is 35.7. The minimum absolute atomic E-state index is 0.100. The maximum absolute atomic E-state index is 10.7. The van der Waals surface area contributed by atoms with Crippen LogP contribution < -0.4 is 0 Å². The molecule has 3 heteroatoms. The number of carboxylic acids is 1. The lowest BCUT2D eigenvalue weighted by molar-refractivity contribution is -0.131. The zero-order valence-corrected chi connectivity index (χ0v) is 31.6. The number of aliphatic hydroxyl groups excluding tert-OH is 1. The van der Waals surface area contributed by atoms with E-state index in [2.05, 4.69) is 103 Å². The van der Waals surface area contributed by atoms with E-state index in [-0.39, 0.29) is 22.9 Å². The van der Waals surface area contributed by atoms with Gasteiger partial charge in [-0.2, -0.15) is 0 Å². The summed E-state index contributed by atoms with van der Waals surface area (Å²) in [6, 6.07) is 13.7. The van der Waals surface area contributed by atoms with E-state index < -0.39 is 5.97 Å². The minimum atomic E-state index is -0.889. The Bertz CT molecular complexity index is 1560. The van der Waals surface area contributed by atoms with E-state index in [1.807, 2.05) is 53.7 Å². The van der Waals surface area contributed by atoms with Crippen LogP contribution in [0.4, 0.5) is 0 Å². The molecule has 2 aromatic rings. The van der Waals surface area contributed by atoms with Crippen LogP contribution in [0.3, 0.4) is 0 Å². The Kier molecular flexibility index (Phi) is 14.0. The summed E-state index contributed by atoms with van der Waals surface area (Å²) in [6.07, 6.45) is 15.2. The number of hydrogen-bond acceptors (Lipinski definition) is 2. The molecule has 0 spiro atoms. The highest BCUT2D eigenvalue weighted by Crippen LogP contribution is 2.56. The fraction of sp³-hybridized carbons (Fsp3) is 0.477. The molecule has 0 radical (unpaired) electrons. The smallest absolute Gasteiger partial charge is 0.328 e. The Hall–Kier alpha value is -3.43. The number of aliphatic hydroxyl groups is 1. The molecule has 256 valence electrons. The van der Waals surface area contributed by atoms with E-state index in [0.717, 1.165) is 30.4 Å². The van der Waals surface area contributed by atoms with Crippen molar-refractivity contribution in [1.82, 2.24) is 0 Å². The lowest BCUT2D eigenvalue weighted by Crippen LogP contribution is -2.21. The third kappa shape index (κ3) is 9.57. The van der Waals surface area contributed by atoms with Gasteiger partial charge in [0, 0.05) is 6.08 Å². The SMILES string of the molecule is CC.CC.CC1=CCC(C)(C)c2ccc(/C(C)=C\CO)cc21.CC1=CCC(C)(C)c2ccc([C@@]3(C)CC3C=C/C(C)=C/C(=O)O)cc21. The Morgan fingerprint density at radius 2 is 1.34 bits per heavy atom. The quantitative estimate of drug-likeness (QED) is 0.244. The van der Waals surface area contributed by atoms with Gasteiger partial charge in [0.15, 0.2) is 0 Å². The topological polar surface area (TPSA) is 57.5 Å². The van der Waals surface area contributed by atoms with Gasteiger partial charge in [-0.25, -0.2) is 4.79 Å². The van der Waals surface area contributed by atoms with Crippen LogP contribution >= 0.6 is 0 Å². The monoisotopic (exact) mass is 638 g/mol. The summed E-state index contributed by atoms with van der Waals surface area (Å²) >= 11 is 0. The van der Waals surface area contributed by atoms with Crippen LogP contribution in [-0.2, 0) is 21.0 Å². The molecule has 2 N–H and O–H groups in total. The van der Waals surface area contributed by atoms with Crippen molar-refractivity contribution in [2.45, 2.75) is 126 Å². The number of hydrogen-bond donors (Lipinski definition) is 2. The Labute approximate surface area is 286 Å². The molecule has 0 amide bonds. The molecule has 2 atom stereocenters. The fourth-order valence-electron chi connectivity index (χ4n) is 6.55. The van der Waals surface area contributed by atoms with Gasteiger partial charge in [-0.3, -0.25) is 0 Å². The van der Waals surface area contributed by atoms with Crippen molar-refractivity contribution in [3.63, 3.8) is 0 Å². The van der Waals surface area contributed by atoms with Gasteiger partial charge in [0.25, 0.3) is 0 Å².